The van der Waals surface area contributed by atoms with E-state index >= 15 is 0 Å². The van der Waals surface area contributed by atoms with Crippen LogP contribution < -0.4 is 10.6 Å². The minimum Gasteiger partial charge on any atom is -0.323 e. The number of rotatable bonds is 4. The molecule has 20 heavy (non-hydrogen) atoms. The standard InChI is InChI=1S/C14H17BrCl2N2O/c1-2-6-14(7-3-8-18-14)13(20)19-10-5-4-9(15)11(16)12(10)17/h4-5,18H,2-3,6-8H2,1H3,(H,19,20). The molecule has 0 saturated carbocycles. The Morgan fingerprint density at radius 1 is 1.45 bits per heavy atom. The van der Waals surface area contributed by atoms with Gasteiger partial charge < -0.3 is 10.6 Å². The van der Waals surface area contributed by atoms with E-state index in [4.69, 9.17) is 23.2 Å². The number of anilines is 1. The molecule has 1 saturated heterocycles. The number of hydrogen-bond donors (Lipinski definition) is 2. The SMILES string of the molecule is CCCC1(C(=O)Nc2ccc(Br)c(Cl)c2Cl)CCCN1. The van der Waals surface area contributed by atoms with Crippen molar-refractivity contribution in [1.29, 1.82) is 0 Å². The normalized spacial score (nSPS) is 22.0. The molecule has 0 bridgehead atoms. The highest BCUT2D eigenvalue weighted by atomic mass is 79.9. The lowest BCUT2D eigenvalue weighted by Crippen LogP contribution is -2.50. The third-order valence-corrected chi connectivity index (χ3v) is 5.41. The van der Waals surface area contributed by atoms with Crippen molar-refractivity contribution in [2.75, 3.05) is 11.9 Å². The minimum absolute atomic E-state index is 0.0304. The van der Waals surface area contributed by atoms with Gasteiger partial charge in [-0.3, -0.25) is 4.79 Å². The first-order chi connectivity index (χ1) is 9.50. The number of nitrogens with one attached hydrogen (secondary N) is 2. The maximum atomic E-state index is 12.6. The number of hydrogen-bond acceptors (Lipinski definition) is 2. The molecule has 0 aromatic heterocycles. The predicted octanol–water partition coefficient (Wildman–Crippen LogP) is 4.62. The van der Waals surface area contributed by atoms with E-state index < -0.39 is 5.54 Å². The van der Waals surface area contributed by atoms with Crippen LogP contribution in [0, 0.1) is 0 Å². The van der Waals surface area contributed by atoms with Gasteiger partial charge in [-0.05, 0) is 53.9 Å². The molecule has 1 aromatic carbocycles. The lowest BCUT2D eigenvalue weighted by molar-refractivity contribution is -0.122. The third kappa shape index (κ3) is 3.14. The molecule has 6 heteroatoms. The minimum atomic E-state index is -0.475. The number of halogens is 3. The zero-order valence-corrected chi connectivity index (χ0v) is 14.3. The Hall–Kier alpha value is -0.290. The first kappa shape index (κ1) is 16.1. The van der Waals surface area contributed by atoms with Crippen molar-refractivity contribution in [2.24, 2.45) is 0 Å². The maximum absolute atomic E-state index is 12.6. The van der Waals surface area contributed by atoms with Crippen molar-refractivity contribution in [2.45, 2.75) is 38.1 Å². The largest absolute Gasteiger partial charge is 0.323 e. The zero-order valence-electron chi connectivity index (χ0n) is 11.2. The summed E-state index contributed by atoms with van der Waals surface area (Å²) in [5, 5.41) is 7.02. The lowest BCUT2D eigenvalue weighted by Gasteiger charge is -2.28. The molecule has 2 rings (SSSR count). The summed E-state index contributed by atoms with van der Waals surface area (Å²) in [5.74, 6) is -0.0304. The Balaban J connectivity index is 2.21. The first-order valence-corrected chi connectivity index (χ1v) is 8.25. The molecular formula is C14H17BrCl2N2O. The number of benzene rings is 1. The van der Waals surface area contributed by atoms with Gasteiger partial charge in [-0.25, -0.2) is 0 Å². The molecule has 1 atom stereocenters. The second kappa shape index (κ2) is 6.65. The van der Waals surface area contributed by atoms with Crippen LogP contribution in [-0.2, 0) is 4.79 Å². The van der Waals surface area contributed by atoms with Gasteiger partial charge in [-0.15, -0.1) is 0 Å². The van der Waals surface area contributed by atoms with Crippen molar-refractivity contribution in [3.8, 4) is 0 Å². The van der Waals surface area contributed by atoms with Crippen LogP contribution >= 0.6 is 39.1 Å². The van der Waals surface area contributed by atoms with E-state index in [2.05, 4.69) is 33.5 Å². The van der Waals surface area contributed by atoms with E-state index in [1.807, 2.05) is 0 Å². The van der Waals surface area contributed by atoms with Gasteiger partial charge in [0.25, 0.3) is 0 Å². The average Bonchev–Trinajstić information content (AvgIpc) is 2.90. The Bertz CT molecular complexity index is 516. The third-order valence-electron chi connectivity index (χ3n) is 3.64. The van der Waals surface area contributed by atoms with Crippen molar-refractivity contribution in [1.82, 2.24) is 5.32 Å². The Morgan fingerprint density at radius 3 is 2.80 bits per heavy atom. The Kier molecular flexibility index (Phi) is 5.35. The lowest BCUT2D eigenvalue weighted by atomic mass is 9.91. The van der Waals surface area contributed by atoms with Crippen LogP contribution in [0.15, 0.2) is 16.6 Å². The zero-order chi connectivity index (χ0) is 14.8. The van der Waals surface area contributed by atoms with Crippen LogP contribution in [0.1, 0.15) is 32.6 Å². The smallest absolute Gasteiger partial charge is 0.244 e. The summed E-state index contributed by atoms with van der Waals surface area (Å²) in [5.41, 5.74) is 0.0755. The molecule has 1 unspecified atom stereocenters. The highest BCUT2D eigenvalue weighted by Gasteiger charge is 2.40. The fourth-order valence-electron chi connectivity index (χ4n) is 2.62. The van der Waals surface area contributed by atoms with Crippen molar-refractivity contribution in [3.05, 3.63) is 26.7 Å². The highest BCUT2D eigenvalue weighted by molar-refractivity contribution is 9.10. The molecular weight excluding hydrogens is 363 g/mol. The second-order valence-electron chi connectivity index (χ2n) is 5.04. The van der Waals surface area contributed by atoms with Gasteiger partial charge in [0.15, 0.2) is 0 Å². The van der Waals surface area contributed by atoms with Gasteiger partial charge >= 0.3 is 0 Å². The number of carbonyl (C=O) groups is 1. The second-order valence-corrected chi connectivity index (χ2v) is 6.65. The van der Waals surface area contributed by atoms with Crippen LogP contribution in [0.25, 0.3) is 0 Å². The number of carbonyl (C=O) groups excluding carboxylic acids is 1. The predicted molar refractivity (Wildman–Crippen MR) is 87.7 cm³/mol. The summed E-state index contributed by atoms with van der Waals surface area (Å²) in [6.07, 6.45) is 3.65. The van der Waals surface area contributed by atoms with Gasteiger partial charge in [0.1, 0.15) is 0 Å². The fourth-order valence-corrected chi connectivity index (χ4v) is 3.44. The first-order valence-electron chi connectivity index (χ1n) is 6.70. The van der Waals surface area contributed by atoms with E-state index in [1.165, 1.54) is 0 Å². The van der Waals surface area contributed by atoms with Gasteiger partial charge in [-0.1, -0.05) is 36.5 Å². The van der Waals surface area contributed by atoms with E-state index in [-0.39, 0.29) is 5.91 Å². The van der Waals surface area contributed by atoms with Gasteiger partial charge in [0, 0.05) is 4.47 Å². The molecule has 1 amide bonds. The summed E-state index contributed by atoms with van der Waals surface area (Å²) in [6.45, 7) is 2.96. The molecule has 0 aliphatic carbocycles. The summed E-state index contributed by atoms with van der Waals surface area (Å²) in [6, 6.07) is 3.53. The maximum Gasteiger partial charge on any atom is 0.244 e. The molecule has 0 spiro atoms. The van der Waals surface area contributed by atoms with E-state index in [0.29, 0.717) is 20.2 Å². The van der Waals surface area contributed by atoms with E-state index in [1.54, 1.807) is 12.1 Å². The van der Waals surface area contributed by atoms with Crippen LogP contribution in [0.4, 0.5) is 5.69 Å². The van der Waals surface area contributed by atoms with Crippen molar-refractivity contribution in [3.63, 3.8) is 0 Å². The monoisotopic (exact) mass is 378 g/mol. The summed E-state index contributed by atoms with van der Waals surface area (Å²) in [4.78, 5) is 12.6. The summed E-state index contributed by atoms with van der Waals surface area (Å²) >= 11 is 15.6. The molecule has 2 N–H and O–H groups in total. The fraction of sp³-hybridized carbons (Fsp3) is 0.500. The molecule has 3 nitrogen and oxygen atoms in total. The molecule has 1 aliphatic heterocycles. The topological polar surface area (TPSA) is 41.1 Å². The molecule has 110 valence electrons. The quantitative estimate of drug-likeness (QED) is 0.749. The summed E-state index contributed by atoms with van der Waals surface area (Å²) < 4.78 is 0.712. The Labute approximate surface area is 137 Å². The van der Waals surface area contributed by atoms with Gasteiger partial charge in [0.2, 0.25) is 5.91 Å². The van der Waals surface area contributed by atoms with Gasteiger partial charge in [0.05, 0.1) is 21.3 Å². The molecule has 0 radical (unpaired) electrons. The van der Waals surface area contributed by atoms with E-state index in [0.717, 1.165) is 32.2 Å². The number of amides is 1. The van der Waals surface area contributed by atoms with Gasteiger partial charge in [-0.2, -0.15) is 0 Å². The molecule has 1 aromatic rings. The van der Waals surface area contributed by atoms with E-state index in [9.17, 15) is 4.79 Å². The average molecular weight is 380 g/mol. The highest BCUT2D eigenvalue weighted by Crippen LogP contribution is 2.36. The molecule has 1 fully saturated rings. The van der Waals surface area contributed by atoms with Crippen LogP contribution in [0.5, 0.6) is 0 Å². The van der Waals surface area contributed by atoms with Crippen molar-refractivity contribution >= 4 is 50.7 Å². The Morgan fingerprint density at radius 2 is 2.20 bits per heavy atom. The van der Waals surface area contributed by atoms with Crippen LogP contribution in [0.3, 0.4) is 0 Å². The van der Waals surface area contributed by atoms with Crippen LogP contribution in [-0.4, -0.2) is 18.0 Å². The van der Waals surface area contributed by atoms with Crippen LogP contribution in [0.2, 0.25) is 10.0 Å². The summed E-state index contributed by atoms with van der Waals surface area (Å²) in [7, 11) is 0. The molecule has 1 heterocycles. The molecule has 1 aliphatic rings. The van der Waals surface area contributed by atoms with Crippen molar-refractivity contribution < 1.29 is 4.79 Å².